The molecule has 4 rings (SSSR count). The van der Waals surface area contributed by atoms with Gasteiger partial charge < -0.3 is 10.5 Å². The minimum absolute atomic E-state index is 0.0973. The largest absolute Gasteiger partial charge is 0.493 e. The number of Topliss-reactive ketones (excluding diaryl/α,β-unsaturated/α-hetero) is 1. The van der Waals surface area contributed by atoms with Crippen molar-refractivity contribution >= 4 is 43.8 Å². The van der Waals surface area contributed by atoms with Crippen molar-refractivity contribution in [1.29, 1.82) is 0 Å². The van der Waals surface area contributed by atoms with Gasteiger partial charge in [-0.1, -0.05) is 47.8 Å². The number of aromatic nitrogens is 3. The maximum atomic E-state index is 12.6. The van der Waals surface area contributed by atoms with Crippen LogP contribution in [0.1, 0.15) is 23.9 Å². The van der Waals surface area contributed by atoms with Crippen LogP contribution >= 0.6 is 22.7 Å². The Morgan fingerprint density at radius 3 is 2.83 bits per heavy atom. The van der Waals surface area contributed by atoms with Gasteiger partial charge in [-0.15, -0.1) is 10.2 Å². The SMILES string of the molecule is CCCOc1ccccc1-c1nnc(CC(=O)Cc2ccc3nc(N)sc3c2)s1. The molecule has 0 amide bonds. The van der Waals surface area contributed by atoms with Gasteiger partial charge in [-0.05, 0) is 36.2 Å². The lowest BCUT2D eigenvalue weighted by molar-refractivity contribution is -0.117. The minimum atomic E-state index is 0.0973. The molecule has 2 aromatic carbocycles. The van der Waals surface area contributed by atoms with Crippen LogP contribution in [0.3, 0.4) is 0 Å². The van der Waals surface area contributed by atoms with Crippen molar-refractivity contribution in [3.8, 4) is 16.3 Å². The van der Waals surface area contributed by atoms with E-state index in [1.165, 1.54) is 22.7 Å². The van der Waals surface area contributed by atoms with E-state index in [-0.39, 0.29) is 12.2 Å². The second-order valence-corrected chi connectivity index (χ2v) is 8.72. The average Bonchev–Trinajstić information content (AvgIpc) is 3.31. The van der Waals surface area contributed by atoms with Crippen molar-refractivity contribution in [2.45, 2.75) is 26.2 Å². The molecule has 29 heavy (non-hydrogen) atoms. The molecule has 0 aliphatic carbocycles. The Balaban J connectivity index is 1.45. The molecule has 0 atom stereocenters. The van der Waals surface area contributed by atoms with E-state index in [4.69, 9.17) is 10.5 Å². The lowest BCUT2D eigenvalue weighted by Gasteiger charge is -2.07. The van der Waals surface area contributed by atoms with Crippen LogP contribution in [0.5, 0.6) is 5.75 Å². The van der Waals surface area contributed by atoms with E-state index in [1.54, 1.807) is 0 Å². The number of rotatable bonds is 8. The Morgan fingerprint density at radius 2 is 1.97 bits per heavy atom. The van der Waals surface area contributed by atoms with Crippen LogP contribution in [0.15, 0.2) is 42.5 Å². The van der Waals surface area contributed by atoms with Crippen molar-refractivity contribution in [1.82, 2.24) is 15.2 Å². The molecule has 0 fully saturated rings. The van der Waals surface area contributed by atoms with Gasteiger partial charge in [0.2, 0.25) is 0 Å². The molecule has 148 valence electrons. The van der Waals surface area contributed by atoms with Crippen molar-refractivity contribution in [3.63, 3.8) is 0 Å². The number of hydrogen-bond acceptors (Lipinski definition) is 8. The molecule has 0 saturated heterocycles. The summed E-state index contributed by atoms with van der Waals surface area (Å²) in [5.41, 5.74) is 8.47. The van der Waals surface area contributed by atoms with E-state index < -0.39 is 0 Å². The van der Waals surface area contributed by atoms with Crippen LogP contribution < -0.4 is 10.5 Å². The summed E-state index contributed by atoms with van der Waals surface area (Å²) in [7, 11) is 0. The van der Waals surface area contributed by atoms with Crippen LogP contribution in [-0.2, 0) is 17.6 Å². The van der Waals surface area contributed by atoms with Gasteiger partial charge in [-0.2, -0.15) is 0 Å². The van der Waals surface area contributed by atoms with Crippen LogP contribution in [0.2, 0.25) is 0 Å². The van der Waals surface area contributed by atoms with Crippen LogP contribution in [0, 0.1) is 0 Å². The van der Waals surface area contributed by atoms with Gasteiger partial charge in [-0.25, -0.2) is 4.98 Å². The summed E-state index contributed by atoms with van der Waals surface area (Å²) >= 11 is 2.86. The maximum Gasteiger partial charge on any atom is 0.181 e. The fraction of sp³-hybridized carbons (Fsp3) is 0.238. The van der Waals surface area contributed by atoms with Gasteiger partial charge in [0.15, 0.2) is 10.1 Å². The van der Waals surface area contributed by atoms with Crippen molar-refractivity contribution in [3.05, 3.63) is 53.0 Å². The molecule has 6 nitrogen and oxygen atoms in total. The first kappa shape index (κ1) is 19.5. The molecule has 2 aromatic heterocycles. The molecule has 8 heteroatoms. The van der Waals surface area contributed by atoms with Crippen molar-refractivity contribution in [2.24, 2.45) is 0 Å². The normalized spacial score (nSPS) is 11.1. The van der Waals surface area contributed by atoms with E-state index in [0.717, 1.165) is 38.5 Å². The summed E-state index contributed by atoms with van der Waals surface area (Å²) < 4.78 is 6.80. The Bertz CT molecular complexity index is 1150. The summed E-state index contributed by atoms with van der Waals surface area (Å²) in [5, 5.41) is 10.5. The first-order chi connectivity index (χ1) is 14.1. The smallest absolute Gasteiger partial charge is 0.181 e. The Hall–Kier alpha value is -2.84. The number of nitrogen functional groups attached to an aromatic ring is 1. The van der Waals surface area contributed by atoms with Gasteiger partial charge >= 0.3 is 0 Å². The number of thiazole rings is 1. The summed E-state index contributed by atoms with van der Waals surface area (Å²) in [5.74, 6) is 0.889. The van der Waals surface area contributed by atoms with Crippen LogP contribution in [0.4, 0.5) is 5.13 Å². The molecule has 2 heterocycles. The molecular weight excluding hydrogens is 404 g/mol. The number of anilines is 1. The number of fused-ring (bicyclic) bond motifs is 1. The highest BCUT2D eigenvalue weighted by Crippen LogP contribution is 2.32. The summed E-state index contributed by atoms with van der Waals surface area (Å²) in [6.07, 6.45) is 1.54. The quantitative estimate of drug-likeness (QED) is 0.446. The third-order valence-corrected chi connectivity index (χ3v) is 6.07. The fourth-order valence-corrected chi connectivity index (χ4v) is 4.67. The molecule has 0 radical (unpaired) electrons. The monoisotopic (exact) mass is 424 g/mol. The van der Waals surface area contributed by atoms with Gasteiger partial charge in [0, 0.05) is 6.42 Å². The minimum Gasteiger partial charge on any atom is -0.493 e. The van der Waals surface area contributed by atoms with E-state index in [1.807, 2.05) is 42.5 Å². The van der Waals surface area contributed by atoms with E-state index >= 15 is 0 Å². The lowest BCUT2D eigenvalue weighted by Crippen LogP contribution is -2.06. The van der Waals surface area contributed by atoms with E-state index in [0.29, 0.717) is 23.2 Å². The van der Waals surface area contributed by atoms with Gasteiger partial charge in [0.25, 0.3) is 0 Å². The van der Waals surface area contributed by atoms with Crippen molar-refractivity contribution < 1.29 is 9.53 Å². The highest BCUT2D eigenvalue weighted by atomic mass is 32.1. The number of nitrogens with zero attached hydrogens (tertiary/aromatic N) is 3. The zero-order chi connectivity index (χ0) is 20.2. The molecule has 0 aliphatic rings. The number of carbonyl (C=O) groups excluding carboxylic acids is 1. The maximum absolute atomic E-state index is 12.6. The first-order valence-electron chi connectivity index (χ1n) is 9.33. The number of carbonyl (C=O) groups is 1. The van der Waals surface area contributed by atoms with Crippen LogP contribution in [0.25, 0.3) is 20.8 Å². The summed E-state index contributed by atoms with van der Waals surface area (Å²) in [4.78, 5) is 16.8. The Labute approximate surface area is 176 Å². The molecule has 0 unspecified atom stereocenters. The summed E-state index contributed by atoms with van der Waals surface area (Å²) in [6.45, 7) is 2.72. The standard InChI is InChI=1S/C21H20N4O2S2/c1-2-9-27-17-6-4-3-5-15(17)20-25-24-19(29-20)12-14(26)10-13-7-8-16-18(11-13)28-21(22)23-16/h3-8,11H,2,9-10,12H2,1H3,(H2,22,23). The van der Waals surface area contributed by atoms with Gasteiger partial charge in [-0.3, -0.25) is 4.79 Å². The van der Waals surface area contributed by atoms with Gasteiger partial charge in [0.05, 0.1) is 28.8 Å². The zero-order valence-corrected chi connectivity index (χ0v) is 17.6. The zero-order valence-electron chi connectivity index (χ0n) is 15.9. The molecule has 4 aromatic rings. The highest BCUT2D eigenvalue weighted by Gasteiger charge is 2.15. The lowest BCUT2D eigenvalue weighted by atomic mass is 10.1. The number of para-hydroxylation sites is 1. The van der Waals surface area contributed by atoms with E-state index in [9.17, 15) is 4.79 Å². The van der Waals surface area contributed by atoms with E-state index in [2.05, 4.69) is 22.1 Å². The Morgan fingerprint density at radius 1 is 1.10 bits per heavy atom. The van der Waals surface area contributed by atoms with Crippen LogP contribution in [-0.4, -0.2) is 27.6 Å². The first-order valence-corrected chi connectivity index (χ1v) is 11.0. The molecular formula is C21H20N4O2S2. The number of nitrogens with two attached hydrogens (primary N) is 1. The third kappa shape index (κ3) is 4.60. The fourth-order valence-electron chi connectivity index (χ4n) is 2.97. The third-order valence-electron chi connectivity index (χ3n) is 4.27. The predicted octanol–water partition coefficient (Wildman–Crippen LogP) is 4.54. The van der Waals surface area contributed by atoms with Crippen molar-refractivity contribution in [2.75, 3.05) is 12.3 Å². The highest BCUT2D eigenvalue weighted by molar-refractivity contribution is 7.22. The number of hydrogen-bond donors (Lipinski definition) is 1. The molecule has 0 aliphatic heterocycles. The average molecular weight is 425 g/mol. The second kappa shape index (κ2) is 8.67. The number of ether oxygens (including phenoxy) is 1. The number of ketones is 1. The predicted molar refractivity (Wildman–Crippen MR) is 118 cm³/mol. The topological polar surface area (TPSA) is 91.0 Å². The molecule has 0 spiro atoms. The number of benzene rings is 2. The molecule has 0 saturated carbocycles. The molecule has 2 N–H and O–H groups in total. The second-order valence-electron chi connectivity index (χ2n) is 6.59. The summed E-state index contributed by atoms with van der Waals surface area (Å²) in [6, 6.07) is 13.6. The molecule has 0 bridgehead atoms. The van der Waals surface area contributed by atoms with Gasteiger partial charge in [0.1, 0.15) is 16.5 Å². The Kier molecular flexibility index (Phi) is 5.82.